The topological polar surface area (TPSA) is 132 Å². The number of aliphatic hydroxyl groups is 3. The van der Waals surface area contributed by atoms with Crippen molar-refractivity contribution in [1.29, 1.82) is 0 Å². The molecular formula is C23H30O7. The van der Waals surface area contributed by atoms with Gasteiger partial charge in [0.15, 0.2) is 11.6 Å². The highest BCUT2D eigenvalue weighted by atomic mass is 16.4. The van der Waals surface area contributed by atoms with E-state index in [1.165, 1.54) is 6.08 Å². The second kappa shape index (κ2) is 6.76. The molecule has 0 spiro atoms. The molecular weight excluding hydrogens is 388 g/mol. The molecule has 3 saturated carbocycles. The second-order valence-electron chi connectivity index (χ2n) is 10.1. The van der Waals surface area contributed by atoms with Crippen LogP contribution in [0.25, 0.3) is 0 Å². The van der Waals surface area contributed by atoms with Gasteiger partial charge in [-0.2, -0.15) is 0 Å². The number of aliphatic carboxylic acids is 1. The molecule has 4 aliphatic rings. The van der Waals surface area contributed by atoms with Gasteiger partial charge in [0.2, 0.25) is 0 Å². The summed E-state index contributed by atoms with van der Waals surface area (Å²) < 4.78 is 0. The van der Waals surface area contributed by atoms with E-state index in [9.17, 15) is 34.8 Å². The Hall–Kier alpha value is -1.99. The van der Waals surface area contributed by atoms with Crippen LogP contribution in [0, 0.1) is 34.5 Å². The van der Waals surface area contributed by atoms with Gasteiger partial charge in [-0.15, -0.1) is 0 Å². The molecule has 4 rings (SSSR count). The predicted octanol–water partition coefficient (Wildman–Crippen LogP) is 2.17. The molecule has 0 aromatic carbocycles. The summed E-state index contributed by atoms with van der Waals surface area (Å²) in [7, 11) is 0. The molecule has 4 aliphatic carbocycles. The number of carbonyl (C=O) groups excluding carboxylic acids is 2. The Balaban J connectivity index is 1.75. The van der Waals surface area contributed by atoms with Crippen LogP contribution in [0.4, 0.5) is 0 Å². The van der Waals surface area contributed by atoms with Crippen molar-refractivity contribution >= 4 is 17.5 Å². The standard InChI is InChI=1S/C23H30O7/c1-21-6-5-16-15(4-3-12-7-14(25)10-18(26)22(12,16)2)17(21)8-13(9-20(28)29)23(21,30)19(27)11-24/h7,10,13,15-17,24-25,30H,3-6,8-9,11H2,1-2H3,(H,28,29)/t13?,15-,16+,17+,21+,22+,23+/m1/s1. The average Bonchev–Trinajstić information content (AvgIpc) is 2.90. The van der Waals surface area contributed by atoms with Crippen molar-refractivity contribution in [1.82, 2.24) is 0 Å². The van der Waals surface area contributed by atoms with Crippen LogP contribution >= 0.6 is 0 Å². The Kier molecular flexibility index (Phi) is 4.78. The van der Waals surface area contributed by atoms with E-state index in [1.54, 1.807) is 6.08 Å². The minimum Gasteiger partial charge on any atom is -0.508 e. The summed E-state index contributed by atoms with van der Waals surface area (Å²) in [5, 5.41) is 40.5. The number of carbonyl (C=O) groups is 3. The van der Waals surface area contributed by atoms with Gasteiger partial charge in [-0.25, -0.2) is 0 Å². The Bertz CT molecular complexity index is 873. The molecule has 0 aliphatic heterocycles. The Morgan fingerprint density at radius 1 is 1.17 bits per heavy atom. The maximum atomic E-state index is 13.0. The zero-order chi connectivity index (χ0) is 22.1. The summed E-state index contributed by atoms with van der Waals surface area (Å²) in [6.45, 7) is 2.96. The lowest BCUT2D eigenvalue weighted by atomic mass is 9.46. The second-order valence-corrected chi connectivity index (χ2v) is 10.1. The maximum absolute atomic E-state index is 13.0. The average molecular weight is 418 g/mol. The molecule has 0 aromatic heterocycles. The van der Waals surface area contributed by atoms with Gasteiger partial charge in [0.1, 0.15) is 18.0 Å². The number of ketones is 2. The van der Waals surface area contributed by atoms with Gasteiger partial charge in [-0.05, 0) is 62.9 Å². The number of allylic oxidation sites excluding steroid dienone is 3. The highest BCUT2D eigenvalue weighted by Crippen LogP contribution is 2.68. The SMILES string of the molecule is C[C@]12C(=O)C=C(O)C=C1CC[C@@H]1[C@@H]2CC[C@@]2(C)[C@H]1CC(CC(=O)O)[C@]2(O)C(=O)CO. The smallest absolute Gasteiger partial charge is 0.303 e. The van der Waals surface area contributed by atoms with E-state index < -0.39 is 40.7 Å². The first-order valence-electron chi connectivity index (χ1n) is 10.7. The number of rotatable bonds is 4. The zero-order valence-electron chi connectivity index (χ0n) is 17.4. The van der Waals surface area contributed by atoms with Crippen molar-refractivity contribution in [2.45, 2.75) is 58.0 Å². The number of carboxylic acid groups (broad SMARTS) is 1. The van der Waals surface area contributed by atoms with Crippen molar-refractivity contribution in [2.75, 3.05) is 6.61 Å². The number of carboxylic acids is 1. The number of hydrogen-bond acceptors (Lipinski definition) is 6. The number of aliphatic hydroxyl groups excluding tert-OH is 2. The number of hydrogen-bond donors (Lipinski definition) is 4. The normalized spacial score (nSPS) is 45.0. The van der Waals surface area contributed by atoms with Crippen LogP contribution in [-0.2, 0) is 14.4 Å². The fourth-order valence-corrected chi connectivity index (χ4v) is 7.57. The van der Waals surface area contributed by atoms with Crippen molar-refractivity contribution in [3.8, 4) is 0 Å². The summed E-state index contributed by atoms with van der Waals surface area (Å²) in [6.07, 6.45) is 5.53. The predicted molar refractivity (Wildman–Crippen MR) is 106 cm³/mol. The quantitative estimate of drug-likeness (QED) is 0.550. The molecule has 0 amide bonds. The van der Waals surface area contributed by atoms with Gasteiger partial charge >= 0.3 is 5.97 Å². The summed E-state index contributed by atoms with van der Waals surface area (Å²) in [6, 6.07) is 0. The van der Waals surface area contributed by atoms with Gasteiger partial charge in [-0.3, -0.25) is 14.4 Å². The van der Waals surface area contributed by atoms with Gasteiger partial charge in [0, 0.05) is 17.4 Å². The first kappa shape index (κ1) is 21.2. The molecule has 7 nitrogen and oxygen atoms in total. The summed E-state index contributed by atoms with van der Waals surface area (Å²) in [4.78, 5) is 37.2. The van der Waals surface area contributed by atoms with Crippen LogP contribution in [0.15, 0.2) is 23.5 Å². The zero-order valence-corrected chi connectivity index (χ0v) is 17.4. The van der Waals surface area contributed by atoms with Crippen LogP contribution < -0.4 is 0 Å². The Labute approximate surface area is 175 Å². The van der Waals surface area contributed by atoms with Gasteiger partial charge < -0.3 is 20.4 Å². The molecule has 0 aromatic rings. The van der Waals surface area contributed by atoms with Gasteiger partial charge in [0.25, 0.3) is 0 Å². The molecule has 0 bridgehead atoms. The van der Waals surface area contributed by atoms with Crippen LogP contribution in [0.3, 0.4) is 0 Å². The highest BCUT2D eigenvalue weighted by molar-refractivity contribution is 5.99. The fourth-order valence-electron chi connectivity index (χ4n) is 7.57. The van der Waals surface area contributed by atoms with Crippen molar-refractivity contribution in [2.24, 2.45) is 34.5 Å². The van der Waals surface area contributed by atoms with Crippen molar-refractivity contribution in [3.63, 3.8) is 0 Å². The Morgan fingerprint density at radius 2 is 1.87 bits per heavy atom. The number of Topliss-reactive ketones (excluding diaryl/α,β-unsaturated/α-hetero) is 1. The van der Waals surface area contributed by atoms with Crippen LogP contribution in [0.5, 0.6) is 0 Å². The summed E-state index contributed by atoms with van der Waals surface area (Å²) in [5.41, 5.74) is -2.53. The Morgan fingerprint density at radius 3 is 2.50 bits per heavy atom. The van der Waals surface area contributed by atoms with Crippen molar-refractivity contribution in [3.05, 3.63) is 23.5 Å². The molecule has 1 unspecified atom stereocenters. The van der Waals surface area contributed by atoms with Gasteiger partial charge in [0.05, 0.1) is 11.8 Å². The molecule has 164 valence electrons. The third-order valence-corrected chi connectivity index (χ3v) is 9.09. The molecule has 30 heavy (non-hydrogen) atoms. The monoisotopic (exact) mass is 418 g/mol. The molecule has 3 fully saturated rings. The van der Waals surface area contributed by atoms with E-state index in [0.29, 0.717) is 25.7 Å². The van der Waals surface area contributed by atoms with E-state index >= 15 is 0 Å². The maximum Gasteiger partial charge on any atom is 0.303 e. The first-order chi connectivity index (χ1) is 14.0. The largest absolute Gasteiger partial charge is 0.508 e. The lowest BCUT2D eigenvalue weighted by molar-refractivity contribution is -0.173. The first-order valence-corrected chi connectivity index (χ1v) is 10.7. The van der Waals surface area contributed by atoms with E-state index in [4.69, 9.17) is 0 Å². The lowest BCUT2D eigenvalue weighted by Gasteiger charge is -2.57. The molecule has 4 N–H and O–H groups in total. The fraction of sp³-hybridized carbons (Fsp3) is 0.696. The minimum atomic E-state index is -1.89. The third-order valence-electron chi connectivity index (χ3n) is 9.09. The number of fused-ring (bicyclic) bond motifs is 5. The molecule has 0 radical (unpaired) electrons. The highest BCUT2D eigenvalue weighted by Gasteiger charge is 2.70. The molecule has 0 heterocycles. The van der Waals surface area contributed by atoms with E-state index in [2.05, 4.69) is 0 Å². The third kappa shape index (κ3) is 2.54. The molecule has 7 heteroatoms. The van der Waals surface area contributed by atoms with Crippen LogP contribution in [-0.4, -0.2) is 50.2 Å². The van der Waals surface area contributed by atoms with Gasteiger partial charge in [-0.1, -0.05) is 12.5 Å². The molecule has 0 saturated heterocycles. The minimum absolute atomic E-state index is 0.00415. The molecule has 7 atom stereocenters. The summed E-state index contributed by atoms with van der Waals surface area (Å²) >= 11 is 0. The lowest BCUT2D eigenvalue weighted by Crippen LogP contribution is -2.60. The van der Waals surface area contributed by atoms with E-state index in [-0.39, 0.29) is 35.7 Å². The van der Waals surface area contributed by atoms with E-state index in [0.717, 1.165) is 12.0 Å². The summed E-state index contributed by atoms with van der Waals surface area (Å²) in [5.74, 6) is -2.74. The van der Waals surface area contributed by atoms with Crippen LogP contribution in [0.1, 0.15) is 52.4 Å². The van der Waals surface area contributed by atoms with Crippen molar-refractivity contribution < 1.29 is 34.8 Å². The van der Waals surface area contributed by atoms with Crippen LogP contribution in [0.2, 0.25) is 0 Å². The van der Waals surface area contributed by atoms with E-state index in [1.807, 2.05) is 13.8 Å².